The maximum absolute atomic E-state index is 14.0. The molecule has 0 saturated carbocycles. The SMILES string of the molecule is Cc1cc(N2C(=O)c3oc4ccc(F)cc4c(=O)c3[C@@H]2c2cccc(OCc3ccccc3Cl)c2)no1. The Bertz CT molecular complexity index is 1740. The lowest BCUT2D eigenvalue weighted by molar-refractivity contribution is 0.0969. The molecule has 5 aromatic rings. The van der Waals surface area contributed by atoms with Crippen LogP contribution in [0.15, 0.2) is 86.5 Å². The molecule has 6 rings (SSSR count). The Labute approximate surface area is 214 Å². The molecule has 37 heavy (non-hydrogen) atoms. The molecular formula is C28H18ClFN2O5. The van der Waals surface area contributed by atoms with Gasteiger partial charge in [-0.15, -0.1) is 0 Å². The van der Waals surface area contributed by atoms with Crippen LogP contribution in [-0.2, 0) is 6.61 Å². The van der Waals surface area contributed by atoms with Gasteiger partial charge in [0, 0.05) is 16.7 Å². The third kappa shape index (κ3) is 3.95. The Kier molecular flexibility index (Phi) is 5.53. The number of rotatable bonds is 5. The summed E-state index contributed by atoms with van der Waals surface area (Å²) in [6, 6.07) is 18.7. The molecule has 3 aromatic carbocycles. The number of amides is 1. The fourth-order valence-electron chi connectivity index (χ4n) is 4.51. The van der Waals surface area contributed by atoms with Crippen molar-refractivity contribution in [2.45, 2.75) is 19.6 Å². The van der Waals surface area contributed by atoms with E-state index in [-0.39, 0.29) is 34.7 Å². The van der Waals surface area contributed by atoms with Gasteiger partial charge in [-0.3, -0.25) is 14.5 Å². The Morgan fingerprint density at radius 3 is 2.68 bits per heavy atom. The van der Waals surface area contributed by atoms with E-state index in [1.165, 1.54) is 17.0 Å². The molecule has 9 heteroatoms. The minimum Gasteiger partial charge on any atom is -0.489 e. The highest BCUT2D eigenvalue weighted by molar-refractivity contribution is 6.31. The summed E-state index contributed by atoms with van der Waals surface area (Å²) in [5.74, 6) is -0.0571. The molecule has 1 aliphatic rings. The van der Waals surface area contributed by atoms with Gasteiger partial charge in [-0.2, -0.15) is 0 Å². The molecule has 0 fully saturated rings. The molecule has 0 N–H and O–H groups in total. The van der Waals surface area contributed by atoms with Crippen LogP contribution in [0.1, 0.15) is 39.0 Å². The van der Waals surface area contributed by atoms with E-state index < -0.39 is 23.2 Å². The second-order valence-corrected chi connectivity index (χ2v) is 9.05. The Morgan fingerprint density at radius 2 is 1.89 bits per heavy atom. The van der Waals surface area contributed by atoms with Crippen molar-refractivity contribution in [2.75, 3.05) is 4.90 Å². The number of anilines is 1. The van der Waals surface area contributed by atoms with Gasteiger partial charge in [0.15, 0.2) is 11.2 Å². The van der Waals surface area contributed by atoms with Crippen LogP contribution in [0.2, 0.25) is 5.02 Å². The number of hydrogen-bond donors (Lipinski definition) is 0. The first-order chi connectivity index (χ1) is 17.9. The third-order valence-electron chi connectivity index (χ3n) is 6.22. The largest absolute Gasteiger partial charge is 0.489 e. The molecule has 1 atom stereocenters. The summed E-state index contributed by atoms with van der Waals surface area (Å²) in [5, 5.41) is 4.63. The summed E-state index contributed by atoms with van der Waals surface area (Å²) in [6.07, 6.45) is 0. The van der Waals surface area contributed by atoms with Crippen LogP contribution in [0.3, 0.4) is 0 Å². The average molecular weight is 517 g/mol. The van der Waals surface area contributed by atoms with Crippen molar-refractivity contribution < 1.29 is 22.9 Å². The van der Waals surface area contributed by atoms with Gasteiger partial charge in [-0.1, -0.05) is 47.1 Å². The van der Waals surface area contributed by atoms with Crippen LogP contribution in [-0.4, -0.2) is 11.1 Å². The summed E-state index contributed by atoms with van der Waals surface area (Å²) in [5.41, 5.74) is 1.09. The maximum atomic E-state index is 14.0. The fraction of sp³-hybridized carbons (Fsp3) is 0.107. The van der Waals surface area contributed by atoms with E-state index in [1.54, 1.807) is 43.3 Å². The van der Waals surface area contributed by atoms with E-state index in [1.807, 2.05) is 18.2 Å². The maximum Gasteiger partial charge on any atom is 0.296 e. The lowest BCUT2D eigenvalue weighted by Crippen LogP contribution is -2.29. The number of fused-ring (bicyclic) bond motifs is 2. The van der Waals surface area contributed by atoms with Crippen molar-refractivity contribution >= 4 is 34.3 Å². The minimum atomic E-state index is -0.903. The van der Waals surface area contributed by atoms with Gasteiger partial charge in [0.1, 0.15) is 29.5 Å². The highest BCUT2D eigenvalue weighted by Gasteiger charge is 2.45. The standard InChI is InChI=1S/C28H18ClFN2O5/c1-15-11-23(31-37-15)32-25(16-6-4-7-19(12-16)35-14-17-5-2-3-8-21(17)29)24-26(33)20-13-18(30)9-10-22(20)36-27(24)28(32)34/h2-13,25H,14H2,1H3/t25-/m0/s1. The monoisotopic (exact) mass is 516 g/mol. The first kappa shape index (κ1) is 23.0. The average Bonchev–Trinajstić information content (AvgIpc) is 3.45. The number of hydrogen-bond acceptors (Lipinski definition) is 6. The van der Waals surface area contributed by atoms with Crippen LogP contribution >= 0.6 is 11.6 Å². The lowest BCUT2D eigenvalue weighted by atomic mass is 9.98. The van der Waals surface area contributed by atoms with Crippen LogP contribution in [0, 0.1) is 12.7 Å². The number of nitrogens with zero attached hydrogens (tertiary/aromatic N) is 2. The summed E-state index contributed by atoms with van der Waals surface area (Å²) in [6.45, 7) is 1.92. The molecule has 0 aliphatic carbocycles. The fourth-order valence-corrected chi connectivity index (χ4v) is 4.70. The van der Waals surface area contributed by atoms with Crippen molar-refractivity contribution in [2.24, 2.45) is 0 Å². The van der Waals surface area contributed by atoms with Gasteiger partial charge in [-0.25, -0.2) is 4.39 Å². The molecule has 0 spiro atoms. The van der Waals surface area contributed by atoms with E-state index >= 15 is 0 Å². The zero-order valence-corrected chi connectivity index (χ0v) is 20.2. The van der Waals surface area contributed by atoms with Crippen LogP contribution in [0.4, 0.5) is 10.2 Å². The first-order valence-corrected chi connectivity index (χ1v) is 11.8. The van der Waals surface area contributed by atoms with Gasteiger partial charge in [0.05, 0.1) is 17.0 Å². The molecular weight excluding hydrogens is 499 g/mol. The first-order valence-electron chi connectivity index (χ1n) is 11.4. The Hall–Kier alpha value is -4.43. The summed E-state index contributed by atoms with van der Waals surface area (Å²) in [7, 11) is 0. The Balaban J connectivity index is 1.48. The van der Waals surface area contributed by atoms with Gasteiger partial charge >= 0.3 is 0 Å². The van der Waals surface area contributed by atoms with Gasteiger partial charge < -0.3 is 13.7 Å². The minimum absolute atomic E-state index is 0.0425. The van der Waals surface area contributed by atoms with Crippen LogP contribution in [0.5, 0.6) is 5.75 Å². The number of carbonyl (C=O) groups is 1. The topological polar surface area (TPSA) is 85.8 Å². The number of aromatic nitrogens is 1. The number of carbonyl (C=O) groups excluding carboxylic acids is 1. The zero-order valence-electron chi connectivity index (χ0n) is 19.4. The molecule has 3 heterocycles. The van der Waals surface area contributed by atoms with Gasteiger partial charge in [0.25, 0.3) is 5.91 Å². The zero-order chi connectivity index (χ0) is 25.7. The predicted octanol–water partition coefficient (Wildman–Crippen LogP) is 6.21. The molecule has 0 saturated heterocycles. The van der Waals surface area contributed by atoms with Crippen LogP contribution < -0.4 is 15.1 Å². The normalized spacial score (nSPS) is 14.8. The second-order valence-electron chi connectivity index (χ2n) is 8.64. The van der Waals surface area contributed by atoms with E-state index in [0.717, 1.165) is 11.6 Å². The van der Waals surface area contributed by atoms with Crippen molar-refractivity contribution in [1.82, 2.24) is 5.16 Å². The molecule has 0 unspecified atom stereocenters. The smallest absolute Gasteiger partial charge is 0.296 e. The van der Waals surface area contributed by atoms with E-state index in [9.17, 15) is 14.0 Å². The molecule has 0 radical (unpaired) electrons. The number of halogens is 2. The highest BCUT2D eigenvalue weighted by atomic mass is 35.5. The second kappa shape index (κ2) is 8.90. The Morgan fingerprint density at radius 1 is 1.05 bits per heavy atom. The summed E-state index contributed by atoms with van der Waals surface area (Å²) < 4.78 is 31.0. The molecule has 1 amide bonds. The van der Waals surface area contributed by atoms with Gasteiger partial charge in [0.2, 0.25) is 5.76 Å². The number of ether oxygens (including phenoxy) is 1. The van der Waals surface area contributed by atoms with E-state index in [0.29, 0.717) is 22.1 Å². The molecule has 1 aliphatic heterocycles. The van der Waals surface area contributed by atoms with Crippen molar-refractivity contribution in [3.8, 4) is 5.75 Å². The summed E-state index contributed by atoms with van der Waals surface area (Å²) >= 11 is 6.25. The van der Waals surface area contributed by atoms with Crippen molar-refractivity contribution in [3.63, 3.8) is 0 Å². The highest BCUT2D eigenvalue weighted by Crippen LogP contribution is 2.41. The molecule has 2 aromatic heterocycles. The summed E-state index contributed by atoms with van der Waals surface area (Å²) in [4.78, 5) is 28.5. The van der Waals surface area contributed by atoms with E-state index in [4.69, 9.17) is 25.3 Å². The molecule has 7 nitrogen and oxygen atoms in total. The van der Waals surface area contributed by atoms with E-state index in [2.05, 4.69) is 5.16 Å². The van der Waals surface area contributed by atoms with Gasteiger partial charge in [-0.05, 0) is 48.9 Å². The third-order valence-corrected chi connectivity index (χ3v) is 6.59. The quantitative estimate of drug-likeness (QED) is 0.276. The number of benzene rings is 3. The predicted molar refractivity (Wildman–Crippen MR) is 135 cm³/mol. The molecule has 184 valence electrons. The van der Waals surface area contributed by atoms with Crippen LogP contribution in [0.25, 0.3) is 11.0 Å². The molecule has 0 bridgehead atoms. The van der Waals surface area contributed by atoms with Crippen molar-refractivity contribution in [1.29, 1.82) is 0 Å². The lowest BCUT2D eigenvalue weighted by Gasteiger charge is -2.23. The number of aryl methyl sites for hydroxylation is 1. The van der Waals surface area contributed by atoms with Crippen molar-refractivity contribution in [3.05, 3.63) is 122 Å².